The molecule has 0 amide bonds. The van der Waals surface area contributed by atoms with Crippen LogP contribution in [0.25, 0.3) is 0 Å². The minimum Gasteiger partial charge on any atom is -0.179 e. The molecule has 1 unspecified atom stereocenters. The molecule has 0 saturated carbocycles. The fourth-order valence-electron chi connectivity index (χ4n) is 2.42. The molecule has 1 aromatic rings. The van der Waals surface area contributed by atoms with Crippen molar-refractivity contribution in [3.05, 3.63) is 42.0 Å². The summed E-state index contributed by atoms with van der Waals surface area (Å²) in [7, 11) is 0. The summed E-state index contributed by atoms with van der Waals surface area (Å²) in [6, 6.07) is 10.8. The van der Waals surface area contributed by atoms with E-state index in [4.69, 9.17) is 0 Å². The van der Waals surface area contributed by atoms with Gasteiger partial charge < -0.3 is 0 Å². The molecular formula is C16H22S2. The normalized spacial score (nSPS) is 17.3. The molecule has 1 atom stereocenters. The molecule has 0 N–H and O–H groups in total. The van der Waals surface area contributed by atoms with Gasteiger partial charge in [-0.1, -0.05) is 29.8 Å². The molecular weight excluding hydrogens is 256 g/mol. The fourth-order valence-corrected chi connectivity index (χ4v) is 3.89. The fraction of sp³-hybridized carbons (Fsp3) is 0.500. The third-order valence-corrected chi connectivity index (χ3v) is 5.07. The highest BCUT2D eigenvalue weighted by Crippen LogP contribution is 2.35. The van der Waals surface area contributed by atoms with Crippen LogP contribution in [0, 0.1) is 0 Å². The molecule has 0 saturated heterocycles. The van der Waals surface area contributed by atoms with Crippen LogP contribution in [0.5, 0.6) is 0 Å². The van der Waals surface area contributed by atoms with Gasteiger partial charge in [0.05, 0.1) is 0 Å². The molecule has 2 heteroatoms. The van der Waals surface area contributed by atoms with Crippen LogP contribution >= 0.6 is 24.4 Å². The maximum Gasteiger partial charge on any atom is 0.0304 e. The van der Waals surface area contributed by atoms with E-state index in [1.54, 1.807) is 5.57 Å². The van der Waals surface area contributed by atoms with Crippen LogP contribution in [0.4, 0.5) is 0 Å². The number of rotatable bonds is 6. The van der Waals surface area contributed by atoms with Crippen molar-refractivity contribution in [1.29, 1.82) is 0 Å². The lowest BCUT2D eigenvalue weighted by Gasteiger charge is -2.23. The largest absolute Gasteiger partial charge is 0.179 e. The number of hydrogen-bond donors (Lipinski definition) is 1. The van der Waals surface area contributed by atoms with E-state index in [9.17, 15) is 0 Å². The molecule has 0 heterocycles. The Kier molecular flexibility index (Phi) is 6.22. The number of thiol groups is 1. The first-order valence-corrected chi connectivity index (χ1v) is 8.43. The van der Waals surface area contributed by atoms with Crippen LogP contribution in [0.1, 0.15) is 38.5 Å². The molecule has 0 fully saturated rings. The molecule has 0 radical (unpaired) electrons. The molecule has 98 valence electrons. The van der Waals surface area contributed by atoms with Crippen molar-refractivity contribution in [1.82, 2.24) is 0 Å². The van der Waals surface area contributed by atoms with Gasteiger partial charge in [-0.3, -0.25) is 0 Å². The number of thioether (sulfide) groups is 1. The van der Waals surface area contributed by atoms with Crippen LogP contribution in [0.3, 0.4) is 0 Å². The van der Waals surface area contributed by atoms with Gasteiger partial charge in [0, 0.05) is 10.1 Å². The number of allylic oxidation sites excluding steroid dienone is 1. The van der Waals surface area contributed by atoms with E-state index in [1.165, 1.54) is 43.4 Å². The zero-order chi connectivity index (χ0) is 12.6. The summed E-state index contributed by atoms with van der Waals surface area (Å²) in [5, 5.41) is 0.667. The Bertz CT molecular complexity index is 370. The summed E-state index contributed by atoms with van der Waals surface area (Å²) < 4.78 is 0. The van der Waals surface area contributed by atoms with Crippen LogP contribution in [0.2, 0.25) is 0 Å². The highest BCUT2D eigenvalue weighted by Gasteiger charge is 2.17. The molecule has 1 aliphatic carbocycles. The van der Waals surface area contributed by atoms with Crippen LogP contribution in [-0.4, -0.2) is 11.0 Å². The van der Waals surface area contributed by atoms with Gasteiger partial charge in [0.2, 0.25) is 0 Å². The Labute approximate surface area is 121 Å². The zero-order valence-electron chi connectivity index (χ0n) is 10.8. The van der Waals surface area contributed by atoms with Crippen LogP contribution in [0.15, 0.2) is 46.9 Å². The Morgan fingerprint density at radius 1 is 1.17 bits per heavy atom. The van der Waals surface area contributed by atoms with E-state index in [2.05, 4.69) is 49.0 Å². The summed E-state index contributed by atoms with van der Waals surface area (Å²) in [4.78, 5) is 1.40. The van der Waals surface area contributed by atoms with Crippen molar-refractivity contribution in [2.24, 2.45) is 0 Å². The molecule has 0 aliphatic heterocycles. The second-order valence-electron chi connectivity index (χ2n) is 4.81. The molecule has 0 bridgehead atoms. The quantitative estimate of drug-likeness (QED) is 0.415. The van der Waals surface area contributed by atoms with Gasteiger partial charge in [0.25, 0.3) is 0 Å². The van der Waals surface area contributed by atoms with Crippen molar-refractivity contribution >= 4 is 24.4 Å². The monoisotopic (exact) mass is 278 g/mol. The summed E-state index contributed by atoms with van der Waals surface area (Å²) >= 11 is 6.39. The first kappa shape index (κ1) is 14.1. The first-order valence-electron chi connectivity index (χ1n) is 6.91. The van der Waals surface area contributed by atoms with Crippen molar-refractivity contribution in [3.63, 3.8) is 0 Å². The third kappa shape index (κ3) is 4.40. The Balaban J connectivity index is 2.02. The maximum absolute atomic E-state index is 4.36. The molecule has 1 aromatic carbocycles. The lowest BCUT2D eigenvalue weighted by molar-refractivity contribution is 0.663. The molecule has 1 aliphatic rings. The maximum atomic E-state index is 4.36. The lowest BCUT2D eigenvalue weighted by Crippen LogP contribution is -2.10. The Morgan fingerprint density at radius 3 is 2.67 bits per heavy atom. The standard InChI is InChI=1S/C16H22S2/c17-13-7-12-16(14-8-3-1-4-9-14)18-15-10-5-2-6-11-15/h2,5-6,8,10-11,16-17H,1,3-4,7,9,12-13H2. The van der Waals surface area contributed by atoms with Crippen molar-refractivity contribution in [3.8, 4) is 0 Å². The van der Waals surface area contributed by atoms with Gasteiger partial charge in [0.15, 0.2) is 0 Å². The molecule has 18 heavy (non-hydrogen) atoms. The average Bonchev–Trinajstić information content (AvgIpc) is 2.45. The highest BCUT2D eigenvalue weighted by atomic mass is 32.2. The Morgan fingerprint density at radius 2 is 2.00 bits per heavy atom. The second kappa shape index (κ2) is 7.96. The lowest BCUT2D eigenvalue weighted by atomic mass is 9.95. The SMILES string of the molecule is SCCCC(Sc1ccccc1)C1=CCCCC1. The second-order valence-corrected chi connectivity index (χ2v) is 6.53. The van der Waals surface area contributed by atoms with Gasteiger partial charge >= 0.3 is 0 Å². The highest BCUT2D eigenvalue weighted by molar-refractivity contribution is 8.00. The van der Waals surface area contributed by atoms with Crippen LogP contribution in [-0.2, 0) is 0 Å². The minimum atomic E-state index is 0.667. The summed E-state index contributed by atoms with van der Waals surface area (Å²) in [5.41, 5.74) is 1.68. The average molecular weight is 278 g/mol. The predicted octanol–water partition coefficient (Wildman–Crippen LogP) is 5.36. The van der Waals surface area contributed by atoms with Gasteiger partial charge in [-0.05, 0) is 56.4 Å². The third-order valence-electron chi connectivity index (χ3n) is 3.39. The Hall–Kier alpha value is -0.340. The molecule has 0 spiro atoms. The molecule has 2 rings (SSSR count). The summed E-state index contributed by atoms with van der Waals surface area (Å²) in [6.45, 7) is 0. The minimum absolute atomic E-state index is 0.667. The van der Waals surface area contributed by atoms with Gasteiger partial charge in [-0.15, -0.1) is 11.8 Å². The van der Waals surface area contributed by atoms with Crippen molar-refractivity contribution in [2.75, 3.05) is 5.75 Å². The predicted molar refractivity (Wildman–Crippen MR) is 85.7 cm³/mol. The summed E-state index contributed by atoms with van der Waals surface area (Å²) in [6.07, 6.45) is 10.3. The molecule has 0 aromatic heterocycles. The topological polar surface area (TPSA) is 0 Å². The smallest absolute Gasteiger partial charge is 0.0304 e. The van der Waals surface area contributed by atoms with Gasteiger partial charge in [-0.2, -0.15) is 12.6 Å². The van der Waals surface area contributed by atoms with Crippen molar-refractivity contribution < 1.29 is 0 Å². The van der Waals surface area contributed by atoms with E-state index in [0.29, 0.717) is 5.25 Å². The van der Waals surface area contributed by atoms with E-state index >= 15 is 0 Å². The van der Waals surface area contributed by atoms with Gasteiger partial charge in [0.1, 0.15) is 0 Å². The first-order chi connectivity index (χ1) is 8.90. The number of hydrogen-bond acceptors (Lipinski definition) is 2. The van der Waals surface area contributed by atoms with E-state index in [0.717, 1.165) is 5.75 Å². The van der Waals surface area contributed by atoms with Crippen LogP contribution < -0.4 is 0 Å². The van der Waals surface area contributed by atoms with E-state index in [-0.39, 0.29) is 0 Å². The molecule has 0 nitrogen and oxygen atoms in total. The van der Waals surface area contributed by atoms with E-state index < -0.39 is 0 Å². The zero-order valence-corrected chi connectivity index (χ0v) is 12.6. The van der Waals surface area contributed by atoms with E-state index in [1.807, 2.05) is 11.8 Å². The number of benzene rings is 1. The van der Waals surface area contributed by atoms with Crippen molar-refractivity contribution in [2.45, 2.75) is 48.7 Å². The summed E-state index contributed by atoms with van der Waals surface area (Å²) in [5.74, 6) is 0.999. The van der Waals surface area contributed by atoms with Gasteiger partial charge in [-0.25, -0.2) is 0 Å².